The molecule has 28 heavy (non-hydrogen) atoms. The molecule has 7 heteroatoms. The molecule has 1 aliphatic heterocycles. The van der Waals surface area contributed by atoms with Gasteiger partial charge >= 0.3 is 0 Å². The Morgan fingerprint density at radius 3 is 2.39 bits per heavy atom. The summed E-state index contributed by atoms with van der Waals surface area (Å²) in [7, 11) is 5.15. The molecule has 148 valence electrons. The number of halogens is 1. The molecule has 1 heterocycles. The van der Waals surface area contributed by atoms with Crippen LogP contribution in [-0.2, 0) is 16.0 Å². The minimum Gasteiger partial charge on any atom is -0.493 e. The molecule has 1 unspecified atom stereocenters. The van der Waals surface area contributed by atoms with Crippen molar-refractivity contribution >= 4 is 29.1 Å². The molecule has 0 radical (unpaired) electrons. The predicted octanol–water partition coefficient (Wildman–Crippen LogP) is 1.75. The van der Waals surface area contributed by atoms with E-state index in [0.717, 1.165) is 16.9 Å². The number of quaternary nitrogens is 1. The lowest BCUT2D eigenvalue weighted by Crippen LogP contribution is -3.14. The fraction of sp³-hybridized carbons (Fsp3) is 0.333. The second kappa shape index (κ2) is 8.63. The molecule has 1 N–H and O–H groups in total. The fourth-order valence-corrected chi connectivity index (χ4v) is 3.56. The molecule has 3 rings (SSSR count). The third-order valence-electron chi connectivity index (χ3n) is 5.08. The quantitative estimate of drug-likeness (QED) is 0.715. The number of carbonyl (C=O) groups excluding carboxylic acids is 2. The first-order chi connectivity index (χ1) is 13.4. The summed E-state index contributed by atoms with van der Waals surface area (Å²) in [6.07, 6.45) is 0.963. The highest BCUT2D eigenvalue weighted by atomic mass is 35.5. The summed E-state index contributed by atoms with van der Waals surface area (Å²) in [5.74, 6) is 1.01. The zero-order valence-corrected chi connectivity index (χ0v) is 17.0. The first-order valence-corrected chi connectivity index (χ1v) is 9.48. The Morgan fingerprint density at radius 1 is 1.07 bits per heavy atom. The van der Waals surface area contributed by atoms with Gasteiger partial charge in [0.25, 0.3) is 5.91 Å². The number of imide groups is 1. The Labute approximate surface area is 169 Å². The number of ether oxygens (including phenoxy) is 2. The van der Waals surface area contributed by atoms with Crippen LogP contribution in [0, 0.1) is 0 Å². The maximum atomic E-state index is 12.9. The molecule has 0 bridgehead atoms. The average molecular weight is 404 g/mol. The fourth-order valence-electron chi connectivity index (χ4n) is 3.43. The Hall–Kier alpha value is -2.57. The lowest BCUT2D eigenvalue weighted by Gasteiger charge is -2.20. The van der Waals surface area contributed by atoms with Gasteiger partial charge in [-0.25, -0.2) is 4.90 Å². The van der Waals surface area contributed by atoms with E-state index < -0.39 is 0 Å². The van der Waals surface area contributed by atoms with E-state index in [0.29, 0.717) is 28.8 Å². The van der Waals surface area contributed by atoms with Gasteiger partial charge in [-0.15, -0.1) is 0 Å². The van der Waals surface area contributed by atoms with Crippen LogP contribution in [0.5, 0.6) is 11.5 Å². The van der Waals surface area contributed by atoms with Crippen LogP contribution in [0.15, 0.2) is 42.5 Å². The first-order valence-electron chi connectivity index (χ1n) is 9.10. The third kappa shape index (κ3) is 4.13. The number of nitrogens with zero attached hydrogens (tertiary/aromatic N) is 1. The summed E-state index contributed by atoms with van der Waals surface area (Å²) in [6, 6.07) is 12.2. The van der Waals surface area contributed by atoms with Crippen molar-refractivity contribution in [3.8, 4) is 11.5 Å². The number of anilines is 1. The third-order valence-corrected chi connectivity index (χ3v) is 5.33. The van der Waals surface area contributed by atoms with Crippen molar-refractivity contribution in [2.24, 2.45) is 0 Å². The lowest BCUT2D eigenvalue weighted by atomic mass is 10.1. The van der Waals surface area contributed by atoms with Crippen LogP contribution in [0.25, 0.3) is 0 Å². The average Bonchev–Trinajstić information content (AvgIpc) is 3.00. The van der Waals surface area contributed by atoms with Crippen LogP contribution >= 0.6 is 11.6 Å². The molecule has 1 aliphatic rings. The highest BCUT2D eigenvalue weighted by molar-refractivity contribution is 6.30. The van der Waals surface area contributed by atoms with Gasteiger partial charge in [-0.2, -0.15) is 0 Å². The highest BCUT2D eigenvalue weighted by Crippen LogP contribution is 2.27. The summed E-state index contributed by atoms with van der Waals surface area (Å²) >= 11 is 5.90. The van der Waals surface area contributed by atoms with Crippen LogP contribution in [0.4, 0.5) is 5.69 Å². The second-order valence-corrected chi connectivity index (χ2v) is 7.27. The number of rotatable bonds is 7. The van der Waals surface area contributed by atoms with E-state index in [2.05, 4.69) is 0 Å². The normalized spacial score (nSPS) is 17.7. The van der Waals surface area contributed by atoms with Gasteiger partial charge in [0.1, 0.15) is 0 Å². The molecule has 0 aromatic heterocycles. The summed E-state index contributed by atoms with van der Waals surface area (Å²) in [5, 5.41) is 0.567. The summed E-state index contributed by atoms with van der Waals surface area (Å²) in [6.45, 7) is 0.716. The number of nitrogens with one attached hydrogen (secondary N) is 1. The van der Waals surface area contributed by atoms with Crippen LogP contribution in [0.3, 0.4) is 0 Å². The van der Waals surface area contributed by atoms with E-state index in [-0.39, 0.29) is 24.3 Å². The SMILES string of the molecule is COc1ccc(CC[NH+](C)[C@H]2CC(=O)N(c3ccc(Cl)cc3)C2=O)cc1OC. The summed E-state index contributed by atoms with van der Waals surface area (Å²) in [5.41, 5.74) is 1.65. The zero-order chi connectivity index (χ0) is 20.3. The van der Waals surface area contributed by atoms with Crippen molar-refractivity contribution < 1.29 is 24.0 Å². The van der Waals surface area contributed by atoms with Crippen LogP contribution in [0.1, 0.15) is 12.0 Å². The van der Waals surface area contributed by atoms with E-state index >= 15 is 0 Å². The molecule has 0 aliphatic carbocycles. The van der Waals surface area contributed by atoms with Gasteiger partial charge in [-0.1, -0.05) is 17.7 Å². The molecule has 2 aromatic carbocycles. The van der Waals surface area contributed by atoms with Crippen molar-refractivity contribution in [1.82, 2.24) is 0 Å². The minimum atomic E-state index is -0.386. The number of methoxy groups -OCH3 is 2. The molecule has 2 aromatic rings. The van der Waals surface area contributed by atoms with Crippen molar-refractivity contribution in [3.63, 3.8) is 0 Å². The molecular weight excluding hydrogens is 380 g/mol. The number of hydrogen-bond acceptors (Lipinski definition) is 4. The number of carbonyl (C=O) groups is 2. The smallest absolute Gasteiger partial charge is 0.292 e. The monoisotopic (exact) mass is 403 g/mol. The Bertz CT molecular complexity index is 869. The van der Waals surface area contributed by atoms with Crippen molar-refractivity contribution in [3.05, 3.63) is 53.1 Å². The first kappa shape index (κ1) is 20.2. The van der Waals surface area contributed by atoms with Gasteiger partial charge < -0.3 is 14.4 Å². The minimum absolute atomic E-state index is 0.169. The van der Waals surface area contributed by atoms with Gasteiger partial charge in [0.2, 0.25) is 5.91 Å². The summed E-state index contributed by atoms with van der Waals surface area (Å²) < 4.78 is 10.6. The van der Waals surface area contributed by atoms with Crippen molar-refractivity contribution in [2.45, 2.75) is 18.9 Å². The Kier molecular flexibility index (Phi) is 6.21. The zero-order valence-electron chi connectivity index (χ0n) is 16.2. The van der Waals surface area contributed by atoms with E-state index in [1.807, 2.05) is 25.2 Å². The predicted molar refractivity (Wildman–Crippen MR) is 107 cm³/mol. The van der Waals surface area contributed by atoms with Gasteiger partial charge in [-0.3, -0.25) is 9.59 Å². The number of amides is 2. The van der Waals surface area contributed by atoms with Gasteiger partial charge in [-0.05, 0) is 42.0 Å². The topological polar surface area (TPSA) is 60.3 Å². The molecule has 0 saturated carbocycles. The molecule has 2 amide bonds. The standard InChI is InChI=1S/C21H23ClN2O4/c1-23(11-10-14-4-9-18(27-2)19(12-14)28-3)17-13-20(25)24(21(17)26)16-7-5-15(22)6-8-16/h4-9,12,17H,10-11,13H2,1-3H3/p+1/t17-/m0/s1. The maximum Gasteiger partial charge on any atom is 0.292 e. The van der Waals surface area contributed by atoms with E-state index in [1.54, 1.807) is 38.5 Å². The highest BCUT2D eigenvalue weighted by Gasteiger charge is 2.44. The van der Waals surface area contributed by atoms with Gasteiger partial charge in [0.05, 0.1) is 39.9 Å². The van der Waals surface area contributed by atoms with E-state index in [9.17, 15) is 9.59 Å². The van der Waals surface area contributed by atoms with Gasteiger partial charge in [0, 0.05) is 11.4 Å². The van der Waals surface area contributed by atoms with Crippen LogP contribution in [-0.4, -0.2) is 45.7 Å². The molecule has 1 saturated heterocycles. The molecule has 1 fully saturated rings. The summed E-state index contributed by atoms with van der Waals surface area (Å²) in [4.78, 5) is 27.6. The van der Waals surface area contributed by atoms with Crippen molar-refractivity contribution in [1.29, 1.82) is 0 Å². The number of benzene rings is 2. The van der Waals surface area contributed by atoms with Gasteiger partial charge in [0.15, 0.2) is 17.5 Å². The largest absolute Gasteiger partial charge is 0.493 e. The molecule has 0 spiro atoms. The second-order valence-electron chi connectivity index (χ2n) is 6.84. The molecule has 6 nitrogen and oxygen atoms in total. The Morgan fingerprint density at radius 2 is 1.75 bits per heavy atom. The number of hydrogen-bond donors (Lipinski definition) is 1. The van der Waals surface area contributed by atoms with Crippen LogP contribution in [0.2, 0.25) is 5.02 Å². The number of likely N-dealkylation sites (N-methyl/N-ethyl adjacent to an activating group) is 1. The van der Waals surface area contributed by atoms with Crippen molar-refractivity contribution in [2.75, 3.05) is 32.7 Å². The van der Waals surface area contributed by atoms with Crippen LogP contribution < -0.4 is 19.3 Å². The maximum absolute atomic E-state index is 12.9. The molecule has 2 atom stereocenters. The van der Waals surface area contributed by atoms with E-state index in [1.165, 1.54) is 4.90 Å². The lowest BCUT2D eigenvalue weighted by molar-refractivity contribution is -0.894. The molecular formula is C21H24ClN2O4+. The Balaban J connectivity index is 1.66. The van der Waals surface area contributed by atoms with E-state index in [4.69, 9.17) is 21.1 Å².